The largest absolute Gasteiger partial charge is 0.496 e. The van der Waals surface area contributed by atoms with E-state index in [1.165, 1.54) is 0 Å². The van der Waals surface area contributed by atoms with E-state index < -0.39 is 6.10 Å². The molecule has 2 nitrogen and oxygen atoms in total. The third-order valence-electron chi connectivity index (χ3n) is 1.65. The number of aliphatic hydroxyl groups is 1. The molecular formula is C10H9BrO2. The van der Waals surface area contributed by atoms with E-state index in [1.807, 2.05) is 0 Å². The highest BCUT2D eigenvalue weighted by Crippen LogP contribution is 2.27. The maximum Gasteiger partial charge on any atom is 0.140 e. The number of terminal acetylenes is 1. The van der Waals surface area contributed by atoms with E-state index in [-0.39, 0.29) is 0 Å². The lowest BCUT2D eigenvalue weighted by Gasteiger charge is -2.07. The molecule has 0 aliphatic carbocycles. The number of benzene rings is 1. The Balaban J connectivity index is 3.04. The third-order valence-corrected chi connectivity index (χ3v) is 2.27. The third kappa shape index (κ3) is 2.24. The van der Waals surface area contributed by atoms with E-state index in [0.717, 1.165) is 4.47 Å². The van der Waals surface area contributed by atoms with Crippen molar-refractivity contribution in [3.8, 4) is 18.1 Å². The second-order valence-electron chi connectivity index (χ2n) is 2.46. The highest BCUT2D eigenvalue weighted by atomic mass is 79.9. The second kappa shape index (κ2) is 4.31. The molecule has 1 N–H and O–H groups in total. The number of methoxy groups -OCH3 is 1. The van der Waals surface area contributed by atoms with E-state index in [2.05, 4.69) is 21.9 Å². The summed E-state index contributed by atoms with van der Waals surface area (Å²) in [5.41, 5.74) is 0.676. The molecular weight excluding hydrogens is 232 g/mol. The van der Waals surface area contributed by atoms with E-state index in [1.54, 1.807) is 25.3 Å². The number of rotatable bonds is 2. The molecule has 0 fully saturated rings. The number of hydrogen-bond acceptors (Lipinski definition) is 2. The molecule has 0 radical (unpaired) electrons. The summed E-state index contributed by atoms with van der Waals surface area (Å²) < 4.78 is 5.81. The summed E-state index contributed by atoms with van der Waals surface area (Å²) in [6, 6.07) is 5.22. The predicted molar refractivity (Wildman–Crippen MR) is 54.5 cm³/mol. The number of aliphatic hydroxyl groups excluding tert-OH is 1. The van der Waals surface area contributed by atoms with E-state index in [9.17, 15) is 5.11 Å². The summed E-state index contributed by atoms with van der Waals surface area (Å²) in [6.07, 6.45) is 4.22. The molecule has 0 aliphatic rings. The van der Waals surface area contributed by atoms with Crippen molar-refractivity contribution in [1.82, 2.24) is 0 Å². The fraction of sp³-hybridized carbons (Fsp3) is 0.200. The van der Waals surface area contributed by atoms with Gasteiger partial charge in [0.2, 0.25) is 0 Å². The van der Waals surface area contributed by atoms with E-state index in [4.69, 9.17) is 11.2 Å². The van der Waals surface area contributed by atoms with Gasteiger partial charge in [0, 0.05) is 0 Å². The Kier molecular flexibility index (Phi) is 3.35. The molecule has 1 unspecified atom stereocenters. The molecule has 3 heteroatoms. The van der Waals surface area contributed by atoms with Gasteiger partial charge in [-0.25, -0.2) is 0 Å². The zero-order valence-corrected chi connectivity index (χ0v) is 8.71. The SMILES string of the molecule is C#CC(O)c1ccc(OC)c(Br)c1. The molecule has 0 saturated carbocycles. The minimum absolute atomic E-state index is 0.676. The van der Waals surface area contributed by atoms with Gasteiger partial charge in [-0.3, -0.25) is 0 Å². The number of ether oxygens (including phenoxy) is 1. The van der Waals surface area contributed by atoms with Gasteiger partial charge in [-0.05, 0) is 33.6 Å². The molecule has 0 spiro atoms. The lowest BCUT2D eigenvalue weighted by atomic mass is 10.1. The van der Waals surface area contributed by atoms with Gasteiger partial charge in [-0.15, -0.1) is 6.42 Å². The van der Waals surface area contributed by atoms with Crippen molar-refractivity contribution in [3.63, 3.8) is 0 Å². The summed E-state index contributed by atoms with van der Waals surface area (Å²) in [7, 11) is 1.58. The molecule has 0 amide bonds. The standard InChI is InChI=1S/C10H9BrO2/c1-3-9(12)7-4-5-10(13-2)8(11)6-7/h1,4-6,9,12H,2H3. The van der Waals surface area contributed by atoms with Gasteiger partial charge >= 0.3 is 0 Å². The molecule has 0 aromatic heterocycles. The highest BCUT2D eigenvalue weighted by molar-refractivity contribution is 9.10. The quantitative estimate of drug-likeness (QED) is 0.803. The van der Waals surface area contributed by atoms with E-state index in [0.29, 0.717) is 11.3 Å². The minimum atomic E-state index is -0.859. The summed E-state index contributed by atoms with van der Waals surface area (Å²) in [5, 5.41) is 9.32. The average molecular weight is 241 g/mol. The van der Waals surface area contributed by atoms with Gasteiger partial charge < -0.3 is 9.84 Å². The van der Waals surface area contributed by atoms with Crippen LogP contribution in [-0.4, -0.2) is 12.2 Å². The van der Waals surface area contributed by atoms with Crippen LogP contribution in [0.5, 0.6) is 5.75 Å². The van der Waals surface area contributed by atoms with Crippen molar-refractivity contribution in [2.75, 3.05) is 7.11 Å². The zero-order chi connectivity index (χ0) is 9.84. The van der Waals surface area contributed by atoms with Gasteiger partial charge in [0.25, 0.3) is 0 Å². The Labute approximate surface area is 85.7 Å². The smallest absolute Gasteiger partial charge is 0.140 e. The lowest BCUT2D eigenvalue weighted by molar-refractivity contribution is 0.238. The van der Waals surface area contributed by atoms with Gasteiger partial charge in [0.05, 0.1) is 11.6 Å². The van der Waals surface area contributed by atoms with Gasteiger partial charge in [-0.2, -0.15) is 0 Å². The van der Waals surface area contributed by atoms with Gasteiger partial charge in [0.1, 0.15) is 11.9 Å². The van der Waals surface area contributed by atoms with Crippen molar-refractivity contribution in [1.29, 1.82) is 0 Å². The molecule has 0 bridgehead atoms. The highest BCUT2D eigenvalue weighted by Gasteiger charge is 2.06. The van der Waals surface area contributed by atoms with Crippen LogP contribution < -0.4 is 4.74 Å². The summed E-state index contributed by atoms with van der Waals surface area (Å²) in [6.45, 7) is 0. The molecule has 0 aliphatic heterocycles. The molecule has 1 aromatic carbocycles. The average Bonchev–Trinajstić information content (AvgIpc) is 2.16. The predicted octanol–water partition coefficient (Wildman–Crippen LogP) is 2.12. The van der Waals surface area contributed by atoms with Crippen molar-refractivity contribution in [2.24, 2.45) is 0 Å². The van der Waals surface area contributed by atoms with Crippen LogP contribution in [-0.2, 0) is 0 Å². The van der Waals surface area contributed by atoms with Crippen LogP contribution in [0.15, 0.2) is 22.7 Å². The summed E-state index contributed by atoms with van der Waals surface area (Å²) >= 11 is 3.30. The van der Waals surface area contributed by atoms with Crippen molar-refractivity contribution >= 4 is 15.9 Å². The maximum absolute atomic E-state index is 9.32. The monoisotopic (exact) mass is 240 g/mol. The first kappa shape index (κ1) is 10.1. The Hall–Kier alpha value is -0.980. The lowest BCUT2D eigenvalue weighted by Crippen LogP contribution is -1.94. The Morgan fingerprint density at radius 3 is 2.77 bits per heavy atom. The summed E-state index contributed by atoms with van der Waals surface area (Å²) in [5.74, 6) is 2.96. The maximum atomic E-state index is 9.32. The van der Waals surface area contributed by atoms with Crippen LogP contribution in [0, 0.1) is 12.3 Å². The van der Waals surface area contributed by atoms with Gasteiger partial charge in [0.15, 0.2) is 0 Å². The van der Waals surface area contributed by atoms with Crippen LogP contribution >= 0.6 is 15.9 Å². The van der Waals surface area contributed by atoms with E-state index >= 15 is 0 Å². The van der Waals surface area contributed by atoms with Crippen LogP contribution in [0.4, 0.5) is 0 Å². The van der Waals surface area contributed by atoms with Crippen LogP contribution in [0.3, 0.4) is 0 Å². The number of hydrogen-bond donors (Lipinski definition) is 1. The van der Waals surface area contributed by atoms with Crippen molar-refractivity contribution in [3.05, 3.63) is 28.2 Å². The number of halogens is 1. The fourth-order valence-corrected chi connectivity index (χ4v) is 1.51. The van der Waals surface area contributed by atoms with Gasteiger partial charge in [-0.1, -0.05) is 12.0 Å². The summed E-state index contributed by atoms with van der Waals surface area (Å²) in [4.78, 5) is 0. The Bertz CT molecular complexity index is 341. The molecule has 13 heavy (non-hydrogen) atoms. The Morgan fingerprint density at radius 2 is 2.31 bits per heavy atom. The van der Waals surface area contributed by atoms with Crippen molar-refractivity contribution < 1.29 is 9.84 Å². The Morgan fingerprint density at radius 1 is 1.62 bits per heavy atom. The first-order valence-corrected chi connectivity index (χ1v) is 4.46. The fourth-order valence-electron chi connectivity index (χ4n) is 0.949. The molecule has 1 atom stereocenters. The van der Waals surface area contributed by atoms with Crippen LogP contribution in [0.2, 0.25) is 0 Å². The molecule has 0 heterocycles. The normalized spacial score (nSPS) is 11.8. The van der Waals surface area contributed by atoms with Crippen LogP contribution in [0.25, 0.3) is 0 Å². The molecule has 1 rings (SSSR count). The topological polar surface area (TPSA) is 29.5 Å². The molecule has 0 saturated heterocycles. The second-order valence-corrected chi connectivity index (χ2v) is 3.32. The minimum Gasteiger partial charge on any atom is -0.496 e. The molecule has 1 aromatic rings. The zero-order valence-electron chi connectivity index (χ0n) is 7.12. The molecule has 68 valence electrons. The first-order valence-electron chi connectivity index (χ1n) is 3.66. The first-order chi connectivity index (χ1) is 6.19. The van der Waals surface area contributed by atoms with Crippen LogP contribution in [0.1, 0.15) is 11.7 Å². The van der Waals surface area contributed by atoms with Crippen molar-refractivity contribution in [2.45, 2.75) is 6.10 Å².